The fourth-order valence-electron chi connectivity index (χ4n) is 6.85. The van der Waals surface area contributed by atoms with Gasteiger partial charge in [-0.05, 0) is 147 Å². The number of isothiocyanates is 1. The van der Waals surface area contributed by atoms with Crippen molar-refractivity contribution in [1.29, 1.82) is 0 Å². The van der Waals surface area contributed by atoms with Crippen molar-refractivity contribution in [3.63, 3.8) is 0 Å². The lowest BCUT2D eigenvalue weighted by molar-refractivity contribution is 0.0975. The quantitative estimate of drug-likeness (QED) is 0.0861. The highest BCUT2D eigenvalue weighted by atomic mass is 32.1. The molecule has 0 fully saturated rings. The fourth-order valence-corrected chi connectivity index (χ4v) is 7.14. The van der Waals surface area contributed by atoms with Crippen molar-refractivity contribution in [3.05, 3.63) is 188 Å². The summed E-state index contributed by atoms with van der Waals surface area (Å²) in [5, 5.41) is 9.75. The van der Waals surface area contributed by atoms with E-state index in [1.807, 2.05) is 106 Å². The molecule has 0 aliphatic carbocycles. The topological polar surface area (TPSA) is 166 Å². The van der Waals surface area contributed by atoms with E-state index in [1.54, 1.807) is 84.2 Å². The van der Waals surface area contributed by atoms with E-state index >= 15 is 0 Å². The molecular weight excluding hydrogens is 841 g/mol. The van der Waals surface area contributed by atoms with E-state index in [0.717, 1.165) is 55.4 Å². The molecule has 0 aliphatic rings. The summed E-state index contributed by atoms with van der Waals surface area (Å²) in [4.78, 5) is 61.1. The Labute approximate surface area is 381 Å². The summed E-state index contributed by atoms with van der Waals surface area (Å²) in [7, 11) is 3.55. The molecule has 0 aliphatic heterocycles. The molecule has 12 nitrogen and oxygen atoms in total. The number of thiocarbonyl (C=S) groups is 2. The van der Waals surface area contributed by atoms with Crippen LogP contribution in [0.2, 0.25) is 0 Å². The number of carbonyl (C=O) groups is 2. The lowest BCUT2D eigenvalue weighted by atomic mass is 9.99. The number of anilines is 2. The number of rotatable bonds is 5. The van der Waals surface area contributed by atoms with Crippen molar-refractivity contribution in [3.8, 4) is 22.3 Å². The summed E-state index contributed by atoms with van der Waals surface area (Å²) in [6, 6.07) is 36.4. The van der Waals surface area contributed by atoms with Gasteiger partial charge in [0.1, 0.15) is 0 Å². The van der Waals surface area contributed by atoms with Crippen molar-refractivity contribution in [1.82, 2.24) is 24.4 Å². The third-order valence-electron chi connectivity index (χ3n) is 10.3. The third kappa shape index (κ3) is 10.8. The largest absolute Gasteiger partial charge is 0.399 e. The van der Waals surface area contributed by atoms with Gasteiger partial charge in [0.25, 0.3) is 22.9 Å². The van der Waals surface area contributed by atoms with Crippen LogP contribution in [0.1, 0.15) is 44.7 Å². The van der Waals surface area contributed by atoms with Gasteiger partial charge in [-0.1, -0.05) is 48.5 Å². The first-order valence-electron chi connectivity index (χ1n) is 19.9. The number of hydrogen-bond donors (Lipinski definition) is 3. The second kappa shape index (κ2) is 20.4. The monoisotopic (exact) mass is 886 g/mol. The highest BCUT2D eigenvalue weighted by Crippen LogP contribution is 2.28. The molecule has 2 amide bonds. The number of nitrogens with two attached hydrogens (primary N) is 1. The predicted octanol–water partition coefficient (Wildman–Crippen LogP) is 9.32. The Balaban J connectivity index is 0.000000206. The minimum Gasteiger partial charge on any atom is -0.399 e. The van der Waals surface area contributed by atoms with Crippen LogP contribution in [0.25, 0.3) is 44.1 Å². The lowest BCUT2D eigenvalue weighted by Crippen LogP contribution is -2.34. The number of amides is 2. The average Bonchev–Trinajstić information content (AvgIpc) is 3.29. The number of pyridine rings is 4. The van der Waals surface area contributed by atoms with E-state index in [4.69, 9.17) is 18.0 Å². The van der Waals surface area contributed by atoms with Gasteiger partial charge in [0, 0.05) is 83.7 Å². The minimum atomic E-state index is -0.347. The molecule has 0 unspecified atom stereocenters. The van der Waals surface area contributed by atoms with E-state index in [-0.39, 0.29) is 29.5 Å². The molecule has 8 aromatic rings. The first kappa shape index (κ1) is 45.7. The van der Waals surface area contributed by atoms with E-state index < -0.39 is 0 Å². The lowest BCUT2D eigenvalue weighted by Gasteiger charge is -2.14. The van der Waals surface area contributed by atoms with Crippen LogP contribution in [-0.4, -0.2) is 41.2 Å². The number of aryl methyl sites for hydroxylation is 6. The Morgan fingerprint density at radius 3 is 1.66 bits per heavy atom. The number of carbonyl (C=O) groups excluding carboxylic acids is 2. The predicted molar refractivity (Wildman–Crippen MR) is 266 cm³/mol. The normalized spacial score (nSPS) is 10.4. The standard InChI is InChI=1S/C25H22N4O2S.C17H17N3O.C8H5NOS.H2/c1-15-9-10-19(27-25(32)28-23(30)17-7-5-4-6-8-17)13-20(15)21-12-18-14-26-16(2)11-22(18)29(3)24(21)31;1-10-4-5-13(18)8-14(10)15-7-12-9-19-11(2)6-16(12)20(3)17(15)21;10-8(9-6-11)7-4-2-1-3-5-7;/h4-14H,1-3H3,(H2,27,28,30,32);4-9H,18H2,1-3H3;1-5H;1H. The smallest absolute Gasteiger partial charge is 0.285 e. The SMILES string of the molecule is Cc1cc2c(cn1)cc(-c1cc(N)ccc1C)c(=O)n2C.Cc1cc2c(cn1)cc(-c1cc(NC(=S)NC(=O)c3ccccc3)ccc1C)c(=O)n2C.O=C(N=C=S)c1ccccc1.[HH]. The molecule has 0 atom stereocenters. The van der Waals surface area contributed by atoms with Crippen LogP contribution in [0.4, 0.5) is 11.4 Å². The van der Waals surface area contributed by atoms with Crippen LogP contribution in [-0.2, 0) is 14.1 Å². The Morgan fingerprint density at radius 1 is 0.656 bits per heavy atom. The fraction of sp³-hybridized carbons (Fsp3) is 0.120. The minimum absolute atomic E-state index is 0. The number of hydrogen-bond acceptors (Lipinski definition) is 9. The molecule has 0 saturated carbocycles. The highest BCUT2D eigenvalue weighted by molar-refractivity contribution is 7.80. The zero-order valence-electron chi connectivity index (χ0n) is 36.0. The molecule has 0 spiro atoms. The molecule has 4 aromatic carbocycles. The van der Waals surface area contributed by atoms with Crippen LogP contribution < -0.4 is 27.5 Å². The number of fused-ring (bicyclic) bond motifs is 2. The van der Waals surface area contributed by atoms with Crippen molar-refractivity contribution < 1.29 is 11.0 Å². The zero-order chi connectivity index (χ0) is 46.1. The van der Waals surface area contributed by atoms with Crippen molar-refractivity contribution in [2.45, 2.75) is 27.7 Å². The number of aromatic nitrogens is 4. The third-order valence-corrected chi connectivity index (χ3v) is 10.6. The summed E-state index contributed by atoms with van der Waals surface area (Å²) >= 11 is 9.60. The Bertz CT molecular complexity index is 3260. The van der Waals surface area contributed by atoms with Gasteiger partial charge in [-0.2, -0.15) is 4.99 Å². The van der Waals surface area contributed by atoms with Crippen LogP contribution in [0.3, 0.4) is 0 Å². The molecule has 14 heteroatoms. The maximum atomic E-state index is 13.1. The molecule has 4 heterocycles. The van der Waals surface area contributed by atoms with Gasteiger partial charge in [-0.25, -0.2) is 0 Å². The first-order chi connectivity index (χ1) is 30.6. The maximum Gasteiger partial charge on any atom is 0.285 e. The van der Waals surface area contributed by atoms with E-state index in [9.17, 15) is 19.2 Å². The first-order valence-corrected chi connectivity index (χ1v) is 20.7. The molecule has 64 heavy (non-hydrogen) atoms. The van der Waals surface area contributed by atoms with Crippen LogP contribution >= 0.6 is 24.4 Å². The van der Waals surface area contributed by atoms with Crippen LogP contribution in [0, 0.1) is 27.7 Å². The number of aliphatic imine (C=N–C) groups is 1. The molecule has 4 N–H and O–H groups in total. The molecule has 0 radical (unpaired) electrons. The van der Waals surface area contributed by atoms with E-state index in [1.165, 1.54) is 0 Å². The van der Waals surface area contributed by atoms with Gasteiger partial charge in [0.2, 0.25) is 0 Å². The zero-order valence-corrected chi connectivity index (χ0v) is 37.6. The maximum absolute atomic E-state index is 13.1. The van der Waals surface area contributed by atoms with Crippen molar-refractivity contribution in [2.24, 2.45) is 19.1 Å². The van der Waals surface area contributed by atoms with Crippen LogP contribution in [0.5, 0.6) is 0 Å². The van der Waals surface area contributed by atoms with E-state index in [2.05, 4.69) is 37.8 Å². The van der Waals surface area contributed by atoms with Gasteiger partial charge < -0.3 is 20.2 Å². The van der Waals surface area contributed by atoms with Crippen LogP contribution in [0.15, 0.2) is 148 Å². The molecule has 322 valence electrons. The van der Waals surface area contributed by atoms with Gasteiger partial charge in [-0.15, -0.1) is 0 Å². The summed E-state index contributed by atoms with van der Waals surface area (Å²) in [6.07, 6.45) is 3.58. The number of nitrogens with zero attached hydrogens (tertiary/aromatic N) is 5. The molecule has 0 saturated heterocycles. The second-order valence-electron chi connectivity index (χ2n) is 14.9. The van der Waals surface area contributed by atoms with Crippen molar-refractivity contribution >= 4 is 79.7 Å². The number of nitrogens with one attached hydrogen (secondary N) is 2. The average molecular weight is 887 g/mol. The molecule has 8 rings (SSSR count). The number of nitrogen functional groups attached to an aromatic ring is 1. The Kier molecular flexibility index (Phi) is 14.6. The number of benzene rings is 4. The summed E-state index contributed by atoms with van der Waals surface area (Å²) in [5.74, 6) is -0.637. The van der Waals surface area contributed by atoms with Gasteiger partial charge >= 0.3 is 0 Å². The van der Waals surface area contributed by atoms with Gasteiger partial charge in [0.15, 0.2) is 5.11 Å². The molecule has 0 bridgehead atoms. The summed E-state index contributed by atoms with van der Waals surface area (Å²) < 4.78 is 3.31. The molecular formula is C50H46N8O4S2. The summed E-state index contributed by atoms with van der Waals surface area (Å²) in [6.45, 7) is 7.74. The van der Waals surface area contributed by atoms with Gasteiger partial charge in [-0.3, -0.25) is 34.5 Å². The van der Waals surface area contributed by atoms with E-state index in [0.29, 0.717) is 33.6 Å². The van der Waals surface area contributed by atoms with Crippen molar-refractivity contribution in [2.75, 3.05) is 11.1 Å². The Hall–Kier alpha value is -7.77. The second-order valence-corrected chi connectivity index (χ2v) is 15.5. The Morgan fingerprint density at radius 2 is 1.14 bits per heavy atom. The van der Waals surface area contributed by atoms with Gasteiger partial charge in [0.05, 0.1) is 16.2 Å². The molecule has 4 aromatic heterocycles. The highest BCUT2D eigenvalue weighted by Gasteiger charge is 2.15. The summed E-state index contributed by atoms with van der Waals surface area (Å²) in [5.41, 5.74) is 16.5.